The second-order valence-electron chi connectivity index (χ2n) is 8.07. The van der Waals surface area contributed by atoms with E-state index in [1.165, 1.54) is 25.9 Å². The second kappa shape index (κ2) is 7.91. The average Bonchev–Trinajstić information content (AvgIpc) is 3.34. The zero-order chi connectivity index (χ0) is 19.6. The van der Waals surface area contributed by atoms with Gasteiger partial charge in [0, 0.05) is 42.5 Å². The summed E-state index contributed by atoms with van der Waals surface area (Å²) >= 11 is 0. The zero-order valence-corrected chi connectivity index (χ0v) is 16.6. The van der Waals surface area contributed by atoms with Crippen LogP contribution in [0.25, 0.3) is 22.2 Å². The SMILES string of the molecule is O=C(c1cc(-c2ccncc2)nc2ccccc12)N1CCC(N2CCCC2)CC1. The van der Waals surface area contributed by atoms with Crippen molar-refractivity contribution < 1.29 is 4.79 Å². The van der Waals surface area contributed by atoms with E-state index in [0.717, 1.165) is 53.7 Å². The summed E-state index contributed by atoms with van der Waals surface area (Å²) < 4.78 is 0. The first-order valence-corrected chi connectivity index (χ1v) is 10.6. The molecule has 0 spiro atoms. The van der Waals surface area contributed by atoms with E-state index in [-0.39, 0.29) is 5.91 Å². The van der Waals surface area contributed by atoms with Crippen LogP contribution in [0.1, 0.15) is 36.0 Å². The number of para-hydroxylation sites is 1. The number of piperidine rings is 1. The largest absolute Gasteiger partial charge is 0.339 e. The van der Waals surface area contributed by atoms with Crippen molar-refractivity contribution in [1.82, 2.24) is 19.8 Å². The van der Waals surface area contributed by atoms with Gasteiger partial charge in [-0.05, 0) is 63.0 Å². The third kappa shape index (κ3) is 3.62. The van der Waals surface area contributed by atoms with Crippen molar-refractivity contribution in [3.8, 4) is 11.3 Å². The van der Waals surface area contributed by atoms with Crippen molar-refractivity contribution in [3.63, 3.8) is 0 Å². The molecule has 1 aromatic carbocycles. The molecular weight excluding hydrogens is 360 g/mol. The van der Waals surface area contributed by atoms with Gasteiger partial charge in [-0.3, -0.25) is 9.78 Å². The Bertz CT molecular complexity index is 1010. The van der Waals surface area contributed by atoms with Crippen LogP contribution in [0, 0.1) is 0 Å². The molecule has 0 saturated carbocycles. The fourth-order valence-electron chi connectivity index (χ4n) is 4.73. The highest BCUT2D eigenvalue weighted by Gasteiger charge is 2.29. The molecule has 5 heteroatoms. The number of carbonyl (C=O) groups is 1. The number of fused-ring (bicyclic) bond motifs is 1. The number of rotatable bonds is 3. The summed E-state index contributed by atoms with van der Waals surface area (Å²) in [6, 6.07) is 14.4. The van der Waals surface area contributed by atoms with Crippen LogP contribution in [0.15, 0.2) is 54.9 Å². The number of likely N-dealkylation sites (tertiary alicyclic amines) is 2. The molecule has 5 rings (SSSR count). The highest BCUT2D eigenvalue weighted by atomic mass is 16.2. The molecule has 0 aliphatic carbocycles. The Morgan fingerprint density at radius 2 is 1.66 bits per heavy atom. The van der Waals surface area contributed by atoms with Gasteiger partial charge in [-0.1, -0.05) is 18.2 Å². The number of amides is 1. The van der Waals surface area contributed by atoms with Gasteiger partial charge in [-0.2, -0.15) is 0 Å². The van der Waals surface area contributed by atoms with Crippen molar-refractivity contribution in [3.05, 3.63) is 60.4 Å². The van der Waals surface area contributed by atoms with Crippen molar-refractivity contribution in [2.24, 2.45) is 0 Å². The van der Waals surface area contributed by atoms with Gasteiger partial charge < -0.3 is 9.80 Å². The Kier molecular flexibility index (Phi) is 4.98. The summed E-state index contributed by atoms with van der Waals surface area (Å²) in [5.41, 5.74) is 3.41. The van der Waals surface area contributed by atoms with Crippen LogP contribution in [0.4, 0.5) is 0 Å². The van der Waals surface area contributed by atoms with Crippen molar-refractivity contribution in [2.75, 3.05) is 26.2 Å². The number of benzene rings is 1. The molecule has 3 aromatic rings. The number of hydrogen-bond acceptors (Lipinski definition) is 4. The lowest BCUT2D eigenvalue weighted by atomic mass is 10.00. The molecule has 2 aliphatic rings. The van der Waals surface area contributed by atoms with Gasteiger partial charge in [-0.15, -0.1) is 0 Å². The highest BCUT2D eigenvalue weighted by Crippen LogP contribution is 2.27. The van der Waals surface area contributed by atoms with Crippen LogP contribution in [0.3, 0.4) is 0 Å². The maximum atomic E-state index is 13.5. The molecule has 2 fully saturated rings. The van der Waals surface area contributed by atoms with Gasteiger partial charge in [0.15, 0.2) is 0 Å². The zero-order valence-electron chi connectivity index (χ0n) is 16.6. The smallest absolute Gasteiger partial charge is 0.254 e. The van der Waals surface area contributed by atoms with E-state index in [1.54, 1.807) is 12.4 Å². The van der Waals surface area contributed by atoms with E-state index in [2.05, 4.69) is 9.88 Å². The minimum absolute atomic E-state index is 0.124. The third-order valence-electron chi connectivity index (χ3n) is 6.33. The van der Waals surface area contributed by atoms with Gasteiger partial charge in [0.05, 0.1) is 16.8 Å². The number of pyridine rings is 2. The normalized spacial score (nSPS) is 18.4. The first-order chi connectivity index (χ1) is 14.3. The van der Waals surface area contributed by atoms with Gasteiger partial charge in [0.2, 0.25) is 0 Å². The Balaban J connectivity index is 1.44. The molecule has 1 amide bonds. The van der Waals surface area contributed by atoms with Gasteiger partial charge in [0.25, 0.3) is 5.91 Å². The van der Waals surface area contributed by atoms with E-state index < -0.39 is 0 Å². The van der Waals surface area contributed by atoms with Crippen LogP contribution < -0.4 is 0 Å². The van der Waals surface area contributed by atoms with E-state index in [9.17, 15) is 4.79 Å². The quantitative estimate of drug-likeness (QED) is 0.683. The number of aromatic nitrogens is 2. The molecule has 2 saturated heterocycles. The van der Waals surface area contributed by atoms with Crippen molar-refractivity contribution in [1.29, 1.82) is 0 Å². The Labute approximate surface area is 171 Å². The van der Waals surface area contributed by atoms with Crippen LogP contribution in [-0.2, 0) is 0 Å². The summed E-state index contributed by atoms with van der Waals surface area (Å²) in [5.74, 6) is 0.124. The minimum atomic E-state index is 0.124. The van der Waals surface area contributed by atoms with E-state index in [0.29, 0.717) is 6.04 Å². The summed E-state index contributed by atoms with van der Waals surface area (Å²) in [6.45, 7) is 4.12. The predicted molar refractivity (Wildman–Crippen MR) is 115 cm³/mol. The third-order valence-corrected chi connectivity index (χ3v) is 6.33. The van der Waals surface area contributed by atoms with Crippen LogP contribution in [0.5, 0.6) is 0 Å². The second-order valence-corrected chi connectivity index (χ2v) is 8.07. The highest BCUT2D eigenvalue weighted by molar-refractivity contribution is 6.07. The van der Waals surface area contributed by atoms with Crippen LogP contribution in [0.2, 0.25) is 0 Å². The predicted octanol–water partition coefficient (Wildman–Crippen LogP) is 4.00. The number of carbonyl (C=O) groups excluding carboxylic acids is 1. The molecule has 148 valence electrons. The maximum Gasteiger partial charge on any atom is 0.254 e. The summed E-state index contributed by atoms with van der Waals surface area (Å²) in [4.78, 5) is 27.0. The van der Waals surface area contributed by atoms with Crippen molar-refractivity contribution >= 4 is 16.8 Å². The molecule has 0 unspecified atom stereocenters. The Hall–Kier alpha value is -2.79. The molecule has 0 radical (unpaired) electrons. The fraction of sp³-hybridized carbons (Fsp3) is 0.375. The van der Waals surface area contributed by atoms with Gasteiger partial charge >= 0.3 is 0 Å². The molecule has 0 N–H and O–H groups in total. The lowest BCUT2D eigenvalue weighted by molar-refractivity contribution is 0.0646. The van der Waals surface area contributed by atoms with Gasteiger partial charge in [0.1, 0.15) is 0 Å². The molecular formula is C24H26N4O. The lowest BCUT2D eigenvalue weighted by Crippen LogP contribution is -2.46. The van der Waals surface area contributed by atoms with Crippen LogP contribution in [-0.4, -0.2) is 57.9 Å². The van der Waals surface area contributed by atoms with Gasteiger partial charge in [-0.25, -0.2) is 4.98 Å². The van der Waals surface area contributed by atoms with E-state index in [1.807, 2.05) is 47.4 Å². The number of hydrogen-bond donors (Lipinski definition) is 0. The standard InChI is InChI=1S/C24H26N4O/c29-24(28-15-9-19(10-16-28)27-13-3-4-14-27)21-17-23(18-7-11-25-12-8-18)26-22-6-2-1-5-20(21)22/h1-2,5-8,11-12,17,19H,3-4,9-10,13-16H2. The molecule has 2 aliphatic heterocycles. The summed E-state index contributed by atoms with van der Waals surface area (Å²) in [5, 5.41) is 0.928. The van der Waals surface area contributed by atoms with Crippen LogP contribution >= 0.6 is 0 Å². The fourth-order valence-corrected chi connectivity index (χ4v) is 4.73. The molecule has 0 atom stereocenters. The van der Waals surface area contributed by atoms with Crippen molar-refractivity contribution in [2.45, 2.75) is 31.7 Å². The molecule has 4 heterocycles. The first-order valence-electron chi connectivity index (χ1n) is 10.6. The first kappa shape index (κ1) is 18.3. The average molecular weight is 386 g/mol. The topological polar surface area (TPSA) is 49.3 Å². The molecule has 29 heavy (non-hydrogen) atoms. The summed E-state index contributed by atoms with van der Waals surface area (Å²) in [7, 11) is 0. The Morgan fingerprint density at radius 3 is 2.41 bits per heavy atom. The molecule has 2 aromatic heterocycles. The molecule has 5 nitrogen and oxygen atoms in total. The minimum Gasteiger partial charge on any atom is -0.339 e. The molecule has 0 bridgehead atoms. The monoisotopic (exact) mass is 386 g/mol. The van der Waals surface area contributed by atoms with E-state index >= 15 is 0 Å². The number of nitrogens with zero attached hydrogens (tertiary/aromatic N) is 4. The van der Waals surface area contributed by atoms with E-state index in [4.69, 9.17) is 4.98 Å². The lowest BCUT2D eigenvalue weighted by Gasteiger charge is -2.36. The maximum absolute atomic E-state index is 13.5. The Morgan fingerprint density at radius 1 is 0.931 bits per heavy atom. The summed E-state index contributed by atoms with van der Waals surface area (Å²) in [6.07, 6.45) is 8.31.